The largest absolute Gasteiger partial charge is 0.369 e. The Labute approximate surface area is 168 Å². The molecule has 0 aliphatic heterocycles. The fraction of sp³-hybridized carbons (Fsp3) is 0.190. The van der Waals surface area contributed by atoms with Crippen molar-refractivity contribution in [3.63, 3.8) is 0 Å². The summed E-state index contributed by atoms with van der Waals surface area (Å²) in [4.78, 5) is 13.6. The Hall–Kier alpha value is -3.49. The van der Waals surface area contributed by atoms with Crippen LogP contribution in [0.3, 0.4) is 0 Å². The first-order valence-electron chi connectivity index (χ1n) is 9.11. The molecule has 148 valence electrons. The molecular formula is C21H22N6O2. The summed E-state index contributed by atoms with van der Waals surface area (Å²) in [7, 11) is 3.41. The Morgan fingerprint density at radius 3 is 2.83 bits per heavy atom. The van der Waals surface area contributed by atoms with Crippen LogP contribution >= 0.6 is 0 Å². The molecule has 0 aliphatic rings. The van der Waals surface area contributed by atoms with E-state index in [0.29, 0.717) is 18.9 Å². The molecule has 2 heterocycles. The number of hydrogen-bond donors (Lipinski definition) is 1. The Morgan fingerprint density at radius 2 is 2.03 bits per heavy atom. The highest BCUT2D eigenvalue weighted by Crippen LogP contribution is 2.22. The van der Waals surface area contributed by atoms with Crippen molar-refractivity contribution < 1.29 is 9.57 Å². The van der Waals surface area contributed by atoms with Gasteiger partial charge in [0.25, 0.3) is 0 Å². The van der Waals surface area contributed by atoms with E-state index in [1.807, 2.05) is 49.8 Å². The summed E-state index contributed by atoms with van der Waals surface area (Å²) in [6.45, 7) is 4.86. The molecular weight excluding hydrogens is 368 g/mol. The van der Waals surface area contributed by atoms with Crippen molar-refractivity contribution in [3.8, 4) is 5.69 Å². The summed E-state index contributed by atoms with van der Waals surface area (Å²) >= 11 is 0. The predicted molar refractivity (Wildman–Crippen MR) is 110 cm³/mol. The maximum absolute atomic E-state index is 5.79. The topological polar surface area (TPSA) is 79.0 Å². The van der Waals surface area contributed by atoms with Crippen LogP contribution in [0.1, 0.15) is 17.0 Å². The van der Waals surface area contributed by atoms with Gasteiger partial charge in [-0.05, 0) is 29.8 Å². The van der Waals surface area contributed by atoms with Crippen molar-refractivity contribution in [2.75, 3.05) is 7.11 Å². The van der Waals surface area contributed by atoms with E-state index < -0.39 is 0 Å². The molecule has 0 atom stereocenters. The number of aryl methyl sites for hydroxylation is 1. The third-order valence-corrected chi connectivity index (χ3v) is 4.61. The predicted octanol–water partition coefficient (Wildman–Crippen LogP) is 2.99. The van der Waals surface area contributed by atoms with E-state index in [4.69, 9.17) is 9.57 Å². The van der Waals surface area contributed by atoms with Crippen molar-refractivity contribution in [3.05, 3.63) is 78.6 Å². The molecule has 4 rings (SSSR count). The van der Waals surface area contributed by atoms with Crippen molar-refractivity contribution >= 4 is 16.7 Å². The molecule has 8 nitrogen and oxygen atoms in total. The van der Waals surface area contributed by atoms with E-state index in [0.717, 1.165) is 33.7 Å². The van der Waals surface area contributed by atoms with Gasteiger partial charge in [0.1, 0.15) is 19.3 Å². The van der Waals surface area contributed by atoms with Crippen LogP contribution in [-0.2, 0) is 29.8 Å². The fourth-order valence-corrected chi connectivity index (χ4v) is 3.10. The fourth-order valence-electron chi connectivity index (χ4n) is 3.10. The monoisotopic (exact) mass is 390 g/mol. The highest BCUT2D eigenvalue weighted by molar-refractivity contribution is 5.81. The number of fused-ring (bicyclic) bond motifs is 1. The van der Waals surface area contributed by atoms with Crippen LogP contribution in [0.2, 0.25) is 0 Å². The van der Waals surface area contributed by atoms with Crippen molar-refractivity contribution in [2.45, 2.75) is 13.2 Å². The molecule has 0 aliphatic carbocycles. The molecule has 2 aromatic carbocycles. The molecule has 0 fully saturated rings. The number of hydroxylamine groups is 1. The summed E-state index contributed by atoms with van der Waals surface area (Å²) in [6, 6.07) is 14.2. The first kappa shape index (κ1) is 18.9. The average Bonchev–Trinajstić information content (AvgIpc) is 3.34. The molecule has 1 N–H and O–H groups in total. The van der Waals surface area contributed by atoms with E-state index in [2.05, 4.69) is 37.8 Å². The molecule has 0 unspecified atom stereocenters. The molecule has 0 amide bonds. The molecule has 8 heteroatoms. The van der Waals surface area contributed by atoms with Crippen LogP contribution in [0, 0.1) is 0 Å². The summed E-state index contributed by atoms with van der Waals surface area (Å²) in [5.74, 6) is 0.794. The maximum atomic E-state index is 5.79. The second-order valence-electron chi connectivity index (χ2n) is 6.57. The number of hydrogen-bond acceptors (Lipinski definition) is 6. The SMILES string of the molecule is C=C(NOC)c1ccc2c(c1)ncn2-c1cccc(COCc2ncnn2C)c1. The Balaban J connectivity index is 1.52. The quantitative estimate of drug-likeness (QED) is 0.466. The zero-order valence-corrected chi connectivity index (χ0v) is 16.4. The molecule has 0 saturated carbocycles. The first-order valence-corrected chi connectivity index (χ1v) is 9.11. The third kappa shape index (κ3) is 4.03. The molecule has 4 aromatic rings. The second kappa shape index (κ2) is 8.26. The second-order valence-corrected chi connectivity index (χ2v) is 6.57. The van der Waals surface area contributed by atoms with Gasteiger partial charge >= 0.3 is 0 Å². The lowest BCUT2D eigenvalue weighted by molar-refractivity contribution is 0.0993. The molecule has 0 spiro atoms. The van der Waals surface area contributed by atoms with E-state index in [1.54, 1.807) is 11.8 Å². The Bertz CT molecular complexity index is 1150. The minimum atomic E-state index is 0.414. The van der Waals surface area contributed by atoms with E-state index in [1.165, 1.54) is 6.33 Å². The smallest absolute Gasteiger partial charge is 0.152 e. The standard InChI is InChI=1S/C21H22N6O2/c1-15(25-28-3)17-7-8-20-19(10-17)23-14-27(20)18-6-4-5-16(9-18)11-29-12-21-22-13-24-26(21)2/h4-10,13-14,25H,1,11-12H2,2-3H3. The average molecular weight is 390 g/mol. The van der Waals surface area contributed by atoms with Gasteiger partial charge in [0.2, 0.25) is 0 Å². The summed E-state index contributed by atoms with van der Waals surface area (Å²) < 4.78 is 9.55. The minimum absolute atomic E-state index is 0.414. The number of benzene rings is 2. The van der Waals surface area contributed by atoms with Crippen LogP contribution in [0.4, 0.5) is 0 Å². The van der Waals surface area contributed by atoms with Crippen LogP contribution in [0.25, 0.3) is 22.4 Å². The number of rotatable bonds is 8. The third-order valence-electron chi connectivity index (χ3n) is 4.61. The Morgan fingerprint density at radius 1 is 1.14 bits per heavy atom. The highest BCUT2D eigenvalue weighted by Gasteiger charge is 2.08. The summed E-state index contributed by atoms with van der Waals surface area (Å²) in [5, 5.41) is 4.05. The zero-order valence-electron chi connectivity index (χ0n) is 16.4. The van der Waals surface area contributed by atoms with Crippen LogP contribution in [-0.4, -0.2) is 31.4 Å². The van der Waals surface area contributed by atoms with Gasteiger partial charge in [0.15, 0.2) is 5.82 Å². The van der Waals surface area contributed by atoms with Gasteiger partial charge in [-0.2, -0.15) is 5.10 Å². The number of nitrogens with one attached hydrogen (secondary N) is 1. The van der Waals surface area contributed by atoms with Gasteiger partial charge in [-0.15, -0.1) is 0 Å². The number of ether oxygens (including phenoxy) is 1. The van der Waals surface area contributed by atoms with Gasteiger partial charge in [-0.3, -0.25) is 19.6 Å². The van der Waals surface area contributed by atoms with Gasteiger partial charge in [-0.25, -0.2) is 9.97 Å². The van der Waals surface area contributed by atoms with E-state index >= 15 is 0 Å². The normalized spacial score (nSPS) is 11.1. The minimum Gasteiger partial charge on any atom is -0.369 e. The van der Waals surface area contributed by atoms with E-state index in [9.17, 15) is 0 Å². The van der Waals surface area contributed by atoms with Gasteiger partial charge in [0, 0.05) is 18.3 Å². The zero-order chi connectivity index (χ0) is 20.2. The highest BCUT2D eigenvalue weighted by atomic mass is 16.6. The van der Waals surface area contributed by atoms with Gasteiger partial charge in [-0.1, -0.05) is 24.8 Å². The lowest BCUT2D eigenvalue weighted by Gasteiger charge is -2.09. The molecule has 2 aromatic heterocycles. The van der Waals surface area contributed by atoms with Gasteiger partial charge in [0.05, 0.1) is 30.4 Å². The number of aromatic nitrogens is 5. The van der Waals surface area contributed by atoms with Crippen molar-refractivity contribution in [2.24, 2.45) is 7.05 Å². The van der Waals surface area contributed by atoms with Crippen LogP contribution in [0.5, 0.6) is 0 Å². The Kier molecular flexibility index (Phi) is 5.37. The molecule has 0 bridgehead atoms. The van der Waals surface area contributed by atoms with E-state index in [-0.39, 0.29) is 0 Å². The van der Waals surface area contributed by atoms with Crippen LogP contribution < -0.4 is 5.48 Å². The lowest BCUT2D eigenvalue weighted by Crippen LogP contribution is -2.08. The molecule has 29 heavy (non-hydrogen) atoms. The van der Waals surface area contributed by atoms with Crippen molar-refractivity contribution in [1.29, 1.82) is 0 Å². The molecule has 0 saturated heterocycles. The van der Waals surface area contributed by atoms with Crippen molar-refractivity contribution in [1.82, 2.24) is 29.8 Å². The summed E-state index contributed by atoms with van der Waals surface area (Å²) in [6.07, 6.45) is 3.34. The summed E-state index contributed by atoms with van der Waals surface area (Å²) in [5.41, 5.74) is 8.35. The maximum Gasteiger partial charge on any atom is 0.152 e. The lowest BCUT2D eigenvalue weighted by atomic mass is 10.1. The number of nitrogens with zero attached hydrogens (tertiary/aromatic N) is 5. The first-order chi connectivity index (χ1) is 14.2. The number of imidazole rings is 1. The van der Waals surface area contributed by atoms with Crippen LogP contribution in [0.15, 0.2) is 61.7 Å². The van der Waals surface area contributed by atoms with Gasteiger partial charge < -0.3 is 4.74 Å². The molecule has 0 radical (unpaired) electrons.